The van der Waals surface area contributed by atoms with Crippen molar-refractivity contribution in [1.82, 2.24) is 5.32 Å². The van der Waals surface area contributed by atoms with Gasteiger partial charge >= 0.3 is 0 Å². The zero-order valence-electron chi connectivity index (χ0n) is 9.35. The van der Waals surface area contributed by atoms with E-state index in [4.69, 9.17) is 5.11 Å². The predicted molar refractivity (Wildman–Crippen MR) is 67.2 cm³/mol. The van der Waals surface area contributed by atoms with Crippen molar-refractivity contribution in [2.24, 2.45) is 5.92 Å². The first-order chi connectivity index (χ1) is 7.72. The van der Waals surface area contributed by atoms with Crippen LogP contribution in [0.2, 0.25) is 0 Å². The Morgan fingerprint density at radius 3 is 3.12 bits per heavy atom. The lowest BCUT2D eigenvalue weighted by Gasteiger charge is -2.09. The van der Waals surface area contributed by atoms with Crippen LogP contribution in [0.4, 0.5) is 0 Å². The van der Waals surface area contributed by atoms with Crippen LogP contribution in [0.3, 0.4) is 0 Å². The van der Waals surface area contributed by atoms with Gasteiger partial charge in [-0.05, 0) is 29.9 Å². The van der Waals surface area contributed by atoms with Crippen molar-refractivity contribution < 1.29 is 9.90 Å². The molecule has 0 aromatic carbocycles. The Bertz CT molecular complexity index is 333. The first kappa shape index (κ1) is 12.9. The lowest BCUT2D eigenvalue weighted by Crippen LogP contribution is -2.26. The number of aliphatic hydroxyl groups excluding tert-OH is 1. The summed E-state index contributed by atoms with van der Waals surface area (Å²) < 4.78 is 0. The first-order valence-corrected chi connectivity index (χ1v) is 6.20. The van der Waals surface area contributed by atoms with E-state index in [0.29, 0.717) is 12.5 Å². The summed E-state index contributed by atoms with van der Waals surface area (Å²) in [6.45, 7) is 2.77. The summed E-state index contributed by atoms with van der Waals surface area (Å²) in [4.78, 5) is 12.5. The number of carbonyl (C=O) groups excluding carboxylic acids is 1. The van der Waals surface area contributed by atoms with Crippen LogP contribution < -0.4 is 5.32 Å². The van der Waals surface area contributed by atoms with Crippen molar-refractivity contribution in [2.75, 3.05) is 13.2 Å². The molecule has 0 aliphatic rings. The molecule has 0 fully saturated rings. The summed E-state index contributed by atoms with van der Waals surface area (Å²) in [5.74, 6) is 0.224. The van der Waals surface area contributed by atoms with Gasteiger partial charge in [0.15, 0.2) is 0 Å². The Morgan fingerprint density at radius 2 is 2.50 bits per heavy atom. The number of nitrogens with one attached hydrogen (secondary N) is 1. The van der Waals surface area contributed by atoms with Gasteiger partial charge < -0.3 is 10.4 Å². The number of hydrogen-bond acceptors (Lipinski definition) is 3. The van der Waals surface area contributed by atoms with Crippen molar-refractivity contribution >= 4 is 23.3 Å². The number of aliphatic hydroxyl groups is 1. The number of hydrogen-bond donors (Lipinski definition) is 2. The van der Waals surface area contributed by atoms with Gasteiger partial charge in [-0.2, -0.15) is 0 Å². The molecule has 0 aliphatic heterocycles. The molecular formula is C12H17NO2S. The van der Waals surface area contributed by atoms with E-state index in [1.54, 1.807) is 17.4 Å². The van der Waals surface area contributed by atoms with Crippen LogP contribution in [0.5, 0.6) is 0 Å². The third kappa shape index (κ3) is 5.09. The fourth-order valence-electron chi connectivity index (χ4n) is 1.20. The molecule has 0 spiro atoms. The smallest absolute Gasteiger partial charge is 0.244 e. The van der Waals surface area contributed by atoms with Crippen LogP contribution in [0.15, 0.2) is 23.6 Å². The second kappa shape index (κ2) is 7.19. The van der Waals surface area contributed by atoms with Gasteiger partial charge in [-0.1, -0.05) is 13.0 Å². The summed E-state index contributed by atoms with van der Waals surface area (Å²) in [7, 11) is 0. The average molecular weight is 239 g/mol. The van der Waals surface area contributed by atoms with Crippen LogP contribution in [0.25, 0.3) is 6.08 Å². The Morgan fingerprint density at radius 1 is 1.69 bits per heavy atom. The van der Waals surface area contributed by atoms with Crippen LogP contribution in [0.1, 0.15) is 18.2 Å². The van der Waals surface area contributed by atoms with E-state index in [1.807, 2.05) is 24.4 Å². The molecular weight excluding hydrogens is 222 g/mol. The molecule has 1 aromatic heterocycles. The first-order valence-electron chi connectivity index (χ1n) is 5.32. The lowest BCUT2D eigenvalue weighted by molar-refractivity contribution is -0.116. The fourth-order valence-corrected chi connectivity index (χ4v) is 1.82. The molecule has 16 heavy (non-hydrogen) atoms. The number of carbonyl (C=O) groups is 1. The van der Waals surface area contributed by atoms with E-state index in [1.165, 1.54) is 6.08 Å². The van der Waals surface area contributed by atoms with Crippen LogP contribution in [0, 0.1) is 5.92 Å². The Hall–Kier alpha value is -1.13. The molecule has 0 saturated carbocycles. The summed E-state index contributed by atoms with van der Waals surface area (Å²) >= 11 is 1.60. The minimum absolute atomic E-state index is 0.0850. The zero-order chi connectivity index (χ0) is 11.8. The molecule has 0 bridgehead atoms. The van der Waals surface area contributed by atoms with Crippen LogP contribution in [-0.2, 0) is 4.79 Å². The molecule has 0 radical (unpaired) electrons. The maximum Gasteiger partial charge on any atom is 0.244 e. The topological polar surface area (TPSA) is 49.3 Å². The normalized spacial score (nSPS) is 12.9. The summed E-state index contributed by atoms with van der Waals surface area (Å²) in [5, 5.41) is 13.5. The van der Waals surface area contributed by atoms with Gasteiger partial charge in [0.2, 0.25) is 5.91 Å². The predicted octanol–water partition coefficient (Wildman–Crippen LogP) is 1.90. The number of amides is 1. The van der Waals surface area contributed by atoms with Crippen LogP contribution in [-0.4, -0.2) is 24.2 Å². The quantitative estimate of drug-likeness (QED) is 0.745. The lowest BCUT2D eigenvalue weighted by atomic mass is 10.1. The third-order valence-electron chi connectivity index (χ3n) is 2.19. The minimum atomic E-state index is -0.0850. The molecule has 1 rings (SSSR count). The van der Waals surface area contributed by atoms with E-state index in [-0.39, 0.29) is 12.5 Å². The van der Waals surface area contributed by atoms with Gasteiger partial charge in [-0.25, -0.2) is 0 Å². The van der Waals surface area contributed by atoms with Crippen molar-refractivity contribution in [1.29, 1.82) is 0 Å². The van der Waals surface area contributed by atoms with Gasteiger partial charge in [-0.3, -0.25) is 4.79 Å². The molecule has 0 aliphatic carbocycles. The van der Waals surface area contributed by atoms with E-state index < -0.39 is 0 Å². The molecule has 1 atom stereocenters. The molecule has 1 amide bonds. The Kier molecular flexibility index (Phi) is 5.82. The molecule has 0 saturated heterocycles. The van der Waals surface area contributed by atoms with Crippen molar-refractivity contribution in [2.45, 2.75) is 13.3 Å². The van der Waals surface area contributed by atoms with E-state index in [0.717, 1.165) is 11.3 Å². The monoisotopic (exact) mass is 239 g/mol. The molecule has 1 aromatic rings. The van der Waals surface area contributed by atoms with Crippen molar-refractivity contribution in [3.05, 3.63) is 28.5 Å². The van der Waals surface area contributed by atoms with Gasteiger partial charge in [0.05, 0.1) is 0 Å². The maximum absolute atomic E-state index is 11.4. The third-order valence-corrected chi connectivity index (χ3v) is 3.03. The van der Waals surface area contributed by atoms with Crippen molar-refractivity contribution in [3.63, 3.8) is 0 Å². The van der Waals surface area contributed by atoms with E-state index >= 15 is 0 Å². The van der Waals surface area contributed by atoms with Gasteiger partial charge in [0.1, 0.15) is 0 Å². The van der Waals surface area contributed by atoms with Gasteiger partial charge in [0, 0.05) is 24.1 Å². The molecule has 3 nitrogen and oxygen atoms in total. The van der Waals surface area contributed by atoms with Crippen LogP contribution >= 0.6 is 11.3 Å². The second-order valence-electron chi connectivity index (χ2n) is 3.71. The van der Waals surface area contributed by atoms with Crippen molar-refractivity contribution in [3.8, 4) is 0 Å². The zero-order valence-corrected chi connectivity index (χ0v) is 10.2. The molecule has 2 N–H and O–H groups in total. The Labute approximate surface area is 99.8 Å². The molecule has 1 heterocycles. The Balaban J connectivity index is 2.26. The highest BCUT2D eigenvalue weighted by Gasteiger charge is 2.02. The summed E-state index contributed by atoms with van der Waals surface area (Å²) in [6, 6.07) is 3.91. The molecule has 88 valence electrons. The largest absolute Gasteiger partial charge is 0.396 e. The summed E-state index contributed by atoms with van der Waals surface area (Å²) in [6.07, 6.45) is 4.06. The number of thiophene rings is 1. The average Bonchev–Trinajstić information content (AvgIpc) is 2.77. The highest BCUT2D eigenvalue weighted by atomic mass is 32.1. The summed E-state index contributed by atoms with van der Waals surface area (Å²) in [5.41, 5.74) is 0. The van der Waals surface area contributed by atoms with E-state index in [9.17, 15) is 4.79 Å². The van der Waals surface area contributed by atoms with E-state index in [2.05, 4.69) is 5.32 Å². The minimum Gasteiger partial charge on any atom is -0.396 e. The standard InChI is InChI=1S/C12H17NO2S/c1-10(6-7-14)9-13-12(15)5-4-11-3-2-8-16-11/h2-5,8,10,14H,6-7,9H2,1H3,(H,13,15). The second-order valence-corrected chi connectivity index (χ2v) is 4.69. The number of rotatable bonds is 6. The highest BCUT2D eigenvalue weighted by molar-refractivity contribution is 7.10. The van der Waals surface area contributed by atoms with Gasteiger partial charge in [-0.15, -0.1) is 11.3 Å². The maximum atomic E-state index is 11.4. The molecule has 1 unspecified atom stereocenters. The SMILES string of the molecule is CC(CCO)CNC(=O)C=Cc1cccs1. The molecule has 4 heteroatoms. The highest BCUT2D eigenvalue weighted by Crippen LogP contribution is 2.09. The fraction of sp³-hybridized carbons (Fsp3) is 0.417. The van der Waals surface area contributed by atoms with Gasteiger partial charge in [0.25, 0.3) is 0 Å².